The maximum atomic E-state index is 13.0. The quantitative estimate of drug-likeness (QED) is 0.585. The molecule has 0 aliphatic heterocycles. The van der Waals surface area contributed by atoms with Crippen LogP contribution in [0.15, 0.2) is 18.2 Å². The first-order valence-corrected chi connectivity index (χ1v) is 6.64. The fourth-order valence-corrected chi connectivity index (χ4v) is 2.43. The standard InChI is InChI=1S/C15H19FO2/c1-11-10-12(16)8-9-14(11)15(17)18-13-6-4-2-3-5-7-13/h8-10,13H,2-7H2,1H3. The normalized spacial score (nSPS) is 17.2. The maximum Gasteiger partial charge on any atom is 0.338 e. The van der Waals surface area contributed by atoms with Crippen LogP contribution in [-0.4, -0.2) is 12.1 Å². The van der Waals surface area contributed by atoms with Crippen molar-refractivity contribution in [1.29, 1.82) is 0 Å². The van der Waals surface area contributed by atoms with Crippen molar-refractivity contribution in [3.8, 4) is 0 Å². The van der Waals surface area contributed by atoms with Crippen LogP contribution in [0, 0.1) is 12.7 Å². The van der Waals surface area contributed by atoms with Gasteiger partial charge in [0.15, 0.2) is 0 Å². The molecular weight excluding hydrogens is 231 g/mol. The van der Waals surface area contributed by atoms with E-state index in [9.17, 15) is 9.18 Å². The number of benzene rings is 1. The van der Waals surface area contributed by atoms with Gasteiger partial charge in [-0.15, -0.1) is 0 Å². The smallest absolute Gasteiger partial charge is 0.338 e. The van der Waals surface area contributed by atoms with E-state index in [4.69, 9.17) is 4.74 Å². The summed E-state index contributed by atoms with van der Waals surface area (Å²) in [4.78, 5) is 12.0. The third-order valence-corrected chi connectivity index (χ3v) is 3.48. The van der Waals surface area contributed by atoms with Crippen molar-refractivity contribution in [3.05, 3.63) is 35.1 Å². The molecule has 0 saturated heterocycles. The van der Waals surface area contributed by atoms with E-state index in [-0.39, 0.29) is 17.9 Å². The highest BCUT2D eigenvalue weighted by Crippen LogP contribution is 2.21. The van der Waals surface area contributed by atoms with E-state index in [1.807, 2.05) is 0 Å². The van der Waals surface area contributed by atoms with Crippen LogP contribution < -0.4 is 0 Å². The van der Waals surface area contributed by atoms with E-state index in [1.165, 1.54) is 31.0 Å². The Morgan fingerprint density at radius 3 is 2.50 bits per heavy atom. The Morgan fingerprint density at radius 2 is 1.89 bits per heavy atom. The van der Waals surface area contributed by atoms with Crippen molar-refractivity contribution >= 4 is 5.97 Å². The number of rotatable bonds is 2. The number of halogens is 1. The fraction of sp³-hybridized carbons (Fsp3) is 0.533. The van der Waals surface area contributed by atoms with Crippen molar-refractivity contribution in [1.82, 2.24) is 0 Å². The van der Waals surface area contributed by atoms with Crippen molar-refractivity contribution in [2.45, 2.75) is 51.6 Å². The molecule has 1 aromatic rings. The zero-order valence-electron chi connectivity index (χ0n) is 10.7. The third-order valence-electron chi connectivity index (χ3n) is 3.48. The van der Waals surface area contributed by atoms with Crippen LogP contribution in [0.2, 0.25) is 0 Å². The second kappa shape index (κ2) is 5.98. The lowest BCUT2D eigenvalue weighted by Gasteiger charge is -2.16. The summed E-state index contributed by atoms with van der Waals surface area (Å²) in [6, 6.07) is 4.17. The highest BCUT2D eigenvalue weighted by Gasteiger charge is 2.19. The first-order chi connectivity index (χ1) is 8.66. The van der Waals surface area contributed by atoms with Crippen molar-refractivity contribution in [2.24, 2.45) is 0 Å². The minimum Gasteiger partial charge on any atom is -0.459 e. The van der Waals surface area contributed by atoms with Crippen LogP contribution in [0.3, 0.4) is 0 Å². The molecule has 3 heteroatoms. The largest absolute Gasteiger partial charge is 0.459 e. The summed E-state index contributed by atoms with van der Waals surface area (Å²) < 4.78 is 18.5. The number of hydrogen-bond donors (Lipinski definition) is 0. The summed E-state index contributed by atoms with van der Waals surface area (Å²) in [6.45, 7) is 1.73. The van der Waals surface area contributed by atoms with Crippen LogP contribution in [0.1, 0.15) is 54.4 Å². The molecule has 0 bridgehead atoms. The minimum atomic E-state index is -0.321. The first-order valence-electron chi connectivity index (χ1n) is 6.64. The molecule has 1 aliphatic carbocycles. The first kappa shape index (κ1) is 13.1. The number of carbonyl (C=O) groups is 1. The topological polar surface area (TPSA) is 26.3 Å². The molecule has 1 fully saturated rings. The number of ether oxygens (including phenoxy) is 1. The molecule has 0 atom stereocenters. The van der Waals surface area contributed by atoms with Gasteiger partial charge in [0.2, 0.25) is 0 Å². The van der Waals surface area contributed by atoms with Crippen LogP contribution in [-0.2, 0) is 4.74 Å². The second-order valence-corrected chi connectivity index (χ2v) is 4.98. The number of carbonyl (C=O) groups excluding carboxylic acids is 1. The van der Waals surface area contributed by atoms with E-state index < -0.39 is 0 Å². The molecule has 18 heavy (non-hydrogen) atoms. The Labute approximate surface area is 107 Å². The van der Waals surface area contributed by atoms with Gasteiger partial charge in [0.25, 0.3) is 0 Å². The molecule has 1 aromatic carbocycles. The van der Waals surface area contributed by atoms with Gasteiger partial charge in [0, 0.05) is 0 Å². The molecule has 2 rings (SSSR count). The van der Waals surface area contributed by atoms with E-state index in [1.54, 1.807) is 6.92 Å². The van der Waals surface area contributed by atoms with Gasteiger partial charge in [-0.25, -0.2) is 9.18 Å². The zero-order valence-corrected chi connectivity index (χ0v) is 10.7. The molecule has 0 unspecified atom stereocenters. The van der Waals surface area contributed by atoms with Gasteiger partial charge in [-0.05, 0) is 56.4 Å². The lowest BCUT2D eigenvalue weighted by atomic mass is 10.1. The van der Waals surface area contributed by atoms with Crippen molar-refractivity contribution in [3.63, 3.8) is 0 Å². The van der Waals surface area contributed by atoms with Gasteiger partial charge < -0.3 is 4.74 Å². The molecule has 0 N–H and O–H groups in total. The molecular formula is C15H19FO2. The van der Waals surface area contributed by atoms with Gasteiger partial charge in [0.1, 0.15) is 11.9 Å². The summed E-state index contributed by atoms with van der Waals surface area (Å²) in [5.74, 6) is -0.641. The van der Waals surface area contributed by atoms with E-state index >= 15 is 0 Å². The van der Waals surface area contributed by atoms with Gasteiger partial charge in [-0.3, -0.25) is 0 Å². The van der Waals surface area contributed by atoms with Gasteiger partial charge in [-0.2, -0.15) is 0 Å². The van der Waals surface area contributed by atoms with Gasteiger partial charge >= 0.3 is 5.97 Å². The van der Waals surface area contributed by atoms with E-state index in [0.717, 1.165) is 25.7 Å². The monoisotopic (exact) mass is 250 g/mol. The highest BCUT2D eigenvalue weighted by molar-refractivity contribution is 5.91. The van der Waals surface area contributed by atoms with Gasteiger partial charge in [0.05, 0.1) is 5.56 Å². The SMILES string of the molecule is Cc1cc(F)ccc1C(=O)OC1CCCCCC1. The molecule has 0 aromatic heterocycles. The Morgan fingerprint density at radius 1 is 1.22 bits per heavy atom. The predicted octanol–water partition coefficient (Wildman–Crippen LogP) is 4.01. The molecule has 0 radical (unpaired) electrons. The molecule has 1 aliphatic rings. The Hall–Kier alpha value is -1.38. The van der Waals surface area contributed by atoms with Crippen molar-refractivity contribution in [2.75, 3.05) is 0 Å². The predicted molar refractivity (Wildman–Crippen MR) is 68.0 cm³/mol. The lowest BCUT2D eigenvalue weighted by molar-refractivity contribution is 0.0266. The van der Waals surface area contributed by atoms with Crippen LogP contribution in [0.5, 0.6) is 0 Å². The second-order valence-electron chi connectivity index (χ2n) is 4.98. The molecule has 0 spiro atoms. The number of esters is 1. The minimum absolute atomic E-state index is 0.0319. The Bertz CT molecular complexity index is 421. The molecule has 98 valence electrons. The number of hydrogen-bond acceptors (Lipinski definition) is 2. The molecule has 0 amide bonds. The summed E-state index contributed by atoms with van der Waals surface area (Å²) in [7, 11) is 0. The maximum absolute atomic E-state index is 13.0. The fourth-order valence-electron chi connectivity index (χ4n) is 2.43. The molecule has 1 saturated carbocycles. The lowest BCUT2D eigenvalue weighted by Crippen LogP contribution is -2.18. The average Bonchev–Trinajstić information content (AvgIpc) is 2.57. The van der Waals surface area contributed by atoms with Gasteiger partial charge in [-0.1, -0.05) is 12.8 Å². The highest BCUT2D eigenvalue weighted by atomic mass is 19.1. The van der Waals surface area contributed by atoms with E-state index in [2.05, 4.69) is 0 Å². The number of aryl methyl sites for hydroxylation is 1. The molecule has 0 heterocycles. The Kier molecular flexibility index (Phi) is 4.34. The summed E-state index contributed by atoms with van der Waals surface area (Å²) in [6.07, 6.45) is 6.63. The van der Waals surface area contributed by atoms with E-state index in [0.29, 0.717) is 11.1 Å². The third kappa shape index (κ3) is 3.31. The van der Waals surface area contributed by atoms with Crippen LogP contribution in [0.4, 0.5) is 4.39 Å². The zero-order chi connectivity index (χ0) is 13.0. The average molecular weight is 250 g/mol. The van der Waals surface area contributed by atoms with Crippen LogP contribution >= 0.6 is 0 Å². The summed E-state index contributed by atoms with van der Waals surface area (Å²) in [5, 5.41) is 0. The summed E-state index contributed by atoms with van der Waals surface area (Å²) in [5.41, 5.74) is 1.11. The van der Waals surface area contributed by atoms with Crippen molar-refractivity contribution < 1.29 is 13.9 Å². The Balaban J connectivity index is 2.02. The molecule has 2 nitrogen and oxygen atoms in total. The summed E-state index contributed by atoms with van der Waals surface area (Å²) >= 11 is 0. The van der Waals surface area contributed by atoms with Crippen LogP contribution in [0.25, 0.3) is 0 Å².